The van der Waals surface area contributed by atoms with Gasteiger partial charge in [0.2, 0.25) is 0 Å². The van der Waals surface area contributed by atoms with Crippen LogP contribution in [0, 0.1) is 17.2 Å². The molecule has 5 heteroatoms. The van der Waals surface area contributed by atoms with Gasteiger partial charge >= 0.3 is 5.97 Å². The third-order valence-corrected chi connectivity index (χ3v) is 2.61. The third-order valence-electron chi connectivity index (χ3n) is 2.61. The van der Waals surface area contributed by atoms with Gasteiger partial charge in [-0.05, 0) is 24.5 Å². The maximum atomic E-state index is 11.6. The first-order valence-electron chi connectivity index (χ1n) is 6.47. The maximum absolute atomic E-state index is 11.6. The molecule has 0 atom stereocenters. The Morgan fingerprint density at radius 3 is 2.70 bits per heavy atom. The zero-order chi connectivity index (χ0) is 15.0. The Bertz CT molecular complexity index is 518. The lowest BCUT2D eigenvalue weighted by molar-refractivity contribution is -0.147. The first-order valence-corrected chi connectivity index (χ1v) is 6.47. The first kappa shape index (κ1) is 15.7. The summed E-state index contributed by atoms with van der Waals surface area (Å²) in [7, 11) is 0. The summed E-state index contributed by atoms with van der Waals surface area (Å²) in [5.74, 6) is -0.424. The smallest absolute Gasteiger partial charge is 0.306 e. The summed E-state index contributed by atoms with van der Waals surface area (Å²) in [6.07, 6.45) is 1.04. The molecule has 0 aliphatic heterocycles. The summed E-state index contributed by atoms with van der Waals surface area (Å²) >= 11 is 0. The molecular weight excluding hydrogens is 256 g/mol. The van der Waals surface area contributed by atoms with Crippen molar-refractivity contribution in [1.29, 1.82) is 5.26 Å². The van der Waals surface area contributed by atoms with Gasteiger partial charge in [0.1, 0.15) is 6.07 Å². The Morgan fingerprint density at radius 1 is 1.35 bits per heavy atom. The van der Waals surface area contributed by atoms with Crippen LogP contribution >= 0.6 is 0 Å². The van der Waals surface area contributed by atoms with Crippen LogP contribution in [-0.4, -0.2) is 18.5 Å². The standard InChI is InChI=1S/C15H18N2O3/c1-11(2)7-8-15(19)20-10-14(18)17-13-6-4-3-5-12(13)9-16/h3-6,11H,7-8,10H2,1-2H3,(H,17,18). The largest absolute Gasteiger partial charge is 0.456 e. The zero-order valence-electron chi connectivity index (χ0n) is 11.7. The van der Waals surface area contributed by atoms with Gasteiger partial charge in [-0.1, -0.05) is 26.0 Å². The Morgan fingerprint density at radius 2 is 2.05 bits per heavy atom. The fourth-order valence-corrected chi connectivity index (χ4v) is 1.50. The van der Waals surface area contributed by atoms with E-state index in [2.05, 4.69) is 5.32 Å². The molecule has 5 nitrogen and oxygen atoms in total. The summed E-state index contributed by atoms with van der Waals surface area (Å²) in [5.41, 5.74) is 0.783. The number of anilines is 1. The van der Waals surface area contributed by atoms with Crippen molar-refractivity contribution in [3.8, 4) is 6.07 Å². The zero-order valence-corrected chi connectivity index (χ0v) is 11.7. The average molecular weight is 274 g/mol. The summed E-state index contributed by atoms with van der Waals surface area (Å²) in [4.78, 5) is 23.0. The maximum Gasteiger partial charge on any atom is 0.306 e. The van der Waals surface area contributed by atoms with Crippen LogP contribution in [0.25, 0.3) is 0 Å². The Labute approximate surface area is 118 Å². The molecule has 1 aromatic rings. The van der Waals surface area contributed by atoms with Crippen LogP contribution in [0.1, 0.15) is 32.3 Å². The normalized spacial score (nSPS) is 9.90. The van der Waals surface area contributed by atoms with Gasteiger partial charge in [0.05, 0.1) is 11.3 Å². The minimum atomic E-state index is -0.453. The van der Waals surface area contributed by atoms with Crippen molar-refractivity contribution >= 4 is 17.6 Å². The minimum Gasteiger partial charge on any atom is -0.456 e. The van der Waals surface area contributed by atoms with Crippen molar-refractivity contribution in [3.05, 3.63) is 29.8 Å². The van der Waals surface area contributed by atoms with Gasteiger partial charge in [0.15, 0.2) is 6.61 Å². The average Bonchev–Trinajstić information content (AvgIpc) is 2.43. The monoisotopic (exact) mass is 274 g/mol. The predicted octanol–water partition coefficient (Wildman–Crippen LogP) is 2.48. The van der Waals surface area contributed by atoms with Crippen LogP contribution in [0.2, 0.25) is 0 Å². The molecule has 0 saturated carbocycles. The lowest BCUT2D eigenvalue weighted by atomic mass is 10.1. The Hall–Kier alpha value is -2.35. The lowest BCUT2D eigenvalue weighted by Gasteiger charge is -2.08. The van der Waals surface area contributed by atoms with Crippen molar-refractivity contribution in [2.24, 2.45) is 5.92 Å². The second-order valence-corrected chi connectivity index (χ2v) is 4.80. The number of hydrogen-bond donors (Lipinski definition) is 1. The molecule has 0 radical (unpaired) electrons. The van der Waals surface area contributed by atoms with Crippen LogP contribution < -0.4 is 5.32 Å². The van der Waals surface area contributed by atoms with E-state index < -0.39 is 5.91 Å². The number of rotatable bonds is 6. The molecule has 0 saturated heterocycles. The van der Waals surface area contributed by atoms with E-state index in [0.29, 0.717) is 23.6 Å². The van der Waals surface area contributed by atoms with Crippen LogP contribution in [0.3, 0.4) is 0 Å². The number of ether oxygens (including phenoxy) is 1. The lowest BCUT2D eigenvalue weighted by Crippen LogP contribution is -2.21. The number of hydrogen-bond acceptors (Lipinski definition) is 4. The van der Waals surface area contributed by atoms with Crippen LogP contribution in [0.15, 0.2) is 24.3 Å². The molecule has 0 aliphatic rings. The van der Waals surface area contributed by atoms with E-state index >= 15 is 0 Å². The molecule has 0 bridgehead atoms. The quantitative estimate of drug-likeness (QED) is 0.808. The molecule has 0 aromatic heterocycles. The Kier molecular flexibility index (Phi) is 6.24. The van der Waals surface area contributed by atoms with Crippen molar-refractivity contribution in [2.45, 2.75) is 26.7 Å². The van der Waals surface area contributed by atoms with E-state index in [1.807, 2.05) is 19.9 Å². The highest BCUT2D eigenvalue weighted by Gasteiger charge is 2.10. The van der Waals surface area contributed by atoms with E-state index in [1.54, 1.807) is 24.3 Å². The molecule has 0 heterocycles. The Balaban J connectivity index is 2.41. The number of carbonyl (C=O) groups excluding carboxylic acids is 2. The highest BCUT2D eigenvalue weighted by molar-refractivity contribution is 5.93. The van der Waals surface area contributed by atoms with E-state index in [0.717, 1.165) is 6.42 Å². The minimum absolute atomic E-state index is 0.305. The van der Waals surface area contributed by atoms with Gasteiger partial charge < -0.3 is 10.1 Å². The molecule has 106 valence electrons. The van der Waals surface area contributed by atoms with Crippen LogP contribution in [0.5, 0.6) is 0 Å². The molecule has 0 unspecified atom stereocenters. The van der Waals surface area contributed by atoms with E-state index in [-0.39, 0.29) is 12.6 Å². The molecule has 20 heavy (non-hydrogen) atoms. The number of nitriles is 1. The summed E-state index contributed by atoms with van der Waals surface area (Å²) < 4.78 is 4.87. The van der Waals surface area contributed by atoms with Gasteiger partial charge in [-0.2, -0.15) is 5.26 Å². The third kappa shape index (κ3) is 5.53. The fourth-order valence-electron chi connectivity index (χ4n) is 1.50. The van der Waals surface area contributed by atoms with Gasteiger partial charge in [-0.3, -0.25) is 9.59 Å². The summed E-state index contributed by atoms with van der Waals surface area (Å²) in [5, 5.41) is 11.4. The first-order chi connectivity index (χ1) is 9.52. The van der Waals surface area contributed by atoms with Gasteiger partial charge in [0.25, 0.3) is 5.91 Å². The highest BCUT2D eigenvalue weighted by Crippen LogP contribution is 2.13. The van der Waals surface area contributed by atoms with E-state index in [9.17, 15) is 9.59 Å². The number of nitrogens with one attached hydrogen (secondary N) is 1. The molecule has 1 rings (SSSR count). The molecule has 0 fully saturated rings. The number of para-hydroxylation sites is 1. The topological polar surface area (TPSA) is 79.2 Å². The van der Waals surface area contributed by atoms with Gasteiger partial charge in [-0.25, -0.2) is 0 Å². The van der Waals surface area contributed by atoms with Crippen LogP contribution in [-0.2, 0) is 14.3 Å². The molecule has 1 aromatic carbocycles. The molecule has 1 amide bonds. The van der Waals surface area contributed by atoms with Crippen molar-refractivity contribution in [1.82, 2.24) is 0 Å². The molecule has 1 N–H and O–H groups in total. The summed E-state index contributed by atoms with van der Waals surface area (Å²) in [6, 6.07) is 8.62. The number of nitrogens with zero attached hydrogens (tertiary/aromatic N) is 1. The number of benzene rings is 1. The number of carbonyl (C=O) groups is 2. The number of amides is 1. The molecule has 0 aliphatic carbocycles. The number of esters is 1. The van der Waals surface area contributed by atoms with E-state index in [4.69, 9.17) is 10.00 Å². The summed E-state index contributed by atoms with van der Waals surface area (Å²) in [6.45, 7) is 3.69. The van der Waals surface area contributed by atoms with E-state index in [1.165, 1.54) is 0 Å². The SMILES string of the molecule is CC(C)CCC(=O)OCC(=O)Nc1ccccc1C#N. The predicted molar refractivity (Wildman–Crippen MR) is 74.8 cm³/mol. The second kappa shape index (κ2) is 7.95. The molecule has 0 spiro atoms. The van der Waals surface area contributed by atoms with Crippen molar-refractivity contribution in [3.63, 3.8) is 0 Å². The van der Waals surface area contributed by atoms with Crippen molar-refractivity contribution < 1.29 is 14.3 Å². The fraction of sp³-hybridized carbons (Fsp3) is 0.400. The van der Waals surface area contributed by atoms with Gasteiger partial charge in [0, 0.05) is 6.42 Å². The van der Waals surface area contributed by atoms with Crippen molar-refractivity contribution in [2.75, 3.05) is 11.9 Å². The second-order valence-electron chi connectivity index (χ2n) is 4.80. The highest BCUT2D eigenvalue weighted by atomic mass is 16.5. The molecular formula is C15H18N2O3. The van der Waals surface area contributed by atoms with Crippen LogP contribution in [0.4, 0.5) is 5.69 Å². The van der Waals surface area contributed by atoms with Gasteiger partial charge in [-0.15, -0.1) is 0 Å².